The number of amides is 1. The molecule has 3 nitrogen and oxygen atoms in total. The number of nitrogens with one attached hydrogen (secondary N) is 1. The van der Waals surface area contributed by atoms with E-state index in [1.807, 2.05) is 12.1 Å². The number of halogens is 2. The molecule has 0 aliphatic carbocycles. The number of hydrogen-bond donors (Lipinski definition) is 2. The lowest BCUT2D eigenvalue weighted by atomic mass is 9.94. The topological polar surface area (TPSA) is 55.1 Å². The van der Waals surface area contributed by atoms with Crippen molar-refractivity contribution in [3.05, 3.63) is 26.8 Å². The van der Waals surface area contributed by atoms with Crippen molar-refractivity contribution < 1.29 is 4.79 Å². The molecule has 1 atom stereocenters. The van der Waals surface area contributed by atoms with Crippen molar-refractivity contribution in [2.75, 3.05) is 11.9 Å². The van der Waals surface area contributed by atoms with Gasteiger partial charge in [-0.1, -0.05) is 31.4 Å². The Morgan fingerprint density at radius 1 is 1.40 bits per heavy atom. The summed E-state index contributed by atoms with van der Waals surface area (Å²) in [6, 6.07) is 5.46. The molecule has 112 valence electrons. The van der Waals surface area contributed by atoms with Crippen molar-refractivity contribution in [3.8, 4) is 0 Å². The van der Waals surface area contributed by atoms with Crippen LogP contribution in [0.25, 0.3) is 0 Å². The third-order valence-corrected chi connectivity index (χ3v) is 4.38. The summed E-state index contributed by atoms with van der Waals surface area (Å²) in [4.78, 5) is 12.0. The Kier molecular flexibility index (Phi) is 8.49. The first-order chi connectivity index (χ1) is 9.56. The number of rotatable bonds is 8. The van der Waals surface area contributed by atoms with Gasteiger partial charge in [-0.2, -0.15) is 0 Å². The highest BCUT2D eigenvalue weighted by molar-refractivity contribution is 14.1. The van der Waals surface area contributed by atoms with Crippen LogP contribution in [0.2, 0.25) is 5.02 Å². The highest BCUT2D eigenvalue weighted by Crippen LogP contribution is 2.23. The second kappa shape index (κ2) is 9.58. The van der Waals surface area contributed by atoms with E-state index in [0.717, 1.165) is 34.9 Å². The quantitative estimate of drug-likeness (QED) is 0.625. The maximum absolute atomic E-state index is 12.0. The molecule has 0 heterocycles. The predicted molar refractivity (Wildman–Crippen MR) is 94.1 cm³/mol. The Bertz CT molecular complexity index is 434. The molecule has 0 aromatic heterocycles. The summed E-state index contributed by atoms with van der Waals surface area (Å²) >= 11 is 8.07. The van der Waals surface area contributed by atoms with Crippen LogP contribution in [0.3, 0.4) is 0 Å². The van der Waals surface area contributed by atoms with E-state index >= 15 is 0 Å². The largest absolute Gasteiger partial charge is 0.330 e. The van der Waals surface area contributed by atoms with Gasteiger partial charge in [0, 0.05) is 15.0 Å². The van der Waals surface area contributed by atoms with Gasteiger partial charge in [0.15, 0.2) is 0 Å². The average molecular weight is 409 g/mol. The first kappa shape index (κ1) is 17.7. The highest BCUT2D eigenvalue weighted by Gasteiger charge is 2.11. The fourth-order valence-electron chi connectivity index (χ4n) is 2.22. The van der Waals surface area contributed by atoms with E-state index in [-0.39, 0.29) is 5.91 Å². The lowest BCUT2D eigenvalue weighted by Gasteiger charge is -2.15. The van der Waals surface area contributed by atoms with Crippen LogP contribution < -0.4 is 11.1 Å². The molecule has 0 radical (unpaired) electrons. The normalized spacial score (nSPS) is 12.2. The van der Waals surface area contributed by atoms with E-state index in [1.54, 1.807) is 6.07 Å². The average Bonchev–Trinajstić information content (AvgIpc) is 2.40. The van der Waals surface area contributed by atoms with Crippen LogP contribution in [-0.2, 0) is 4.79 Å². The fraction of sp³-hybridized carbons (Fsp3) is 0.533. The van der Waals surface area contributed by atoms with Crippen LogP contribution >= 0.6 is 34.2 Å². The van der Waals surface area contributed by atoms with Gasteiger partial charge < -0.3 is 11.1 Å². The van der Waals surface area contributed by atoms with Gasteiger partial charge in [0.2, 0.25) is 5.91 Å². The Balaban J connectivity index is 2.46. The van der Waals surface area contributed by atoms with Crippen LogP contribution in [0, 0.1) is 9.49 Å². The Morgan fingerprint density at radius 3 is 2.75 bits per heavy atom. The van der Waals surface area contributed by atoms with Gasteiger partial charge in [0.1, 0.15) is 0 Å². The van der Waals surface area contributed by atoms with Gasteiger partial charge in [0.25, 0.3) is 0 Å². The van der Waals surface area contributed by atoms with Crippen LogP contribution in [0.1, 0.15) is 39.0 Å². The van der Waals surface area contributed by atoms with Crippen molar-refractivity contribution >= 4 is 45.8 Å². The summed E-state index contributed by atoms with van der Waals surface area (Å²) in [6.45, 7) is 2.86. The number of carbonyl (C=O) groups excluding carboxylic acids is 1. The highest BCUT2D eigenvalue weighted by atomic mass is 127. The smallest absolute Gasteiger partial charge is 0.224 e. The monoisotopic (exact) mass is 408 g/mol. The van der Waals surface area contributed by atoms with Gasteiger partial charge in [-0.3, -0.25) is 4.79 Å². The minimum Gasteiger partial charge on any atom is -0.330 e. The molecule has 1 aromatic carbocycles. The molecule has 0 saturated carbocycles. The zero-order valence-electron chi connectivity index (χ0n) is 11.8. The maximum Gasteiger partial charge on any atom is 0.224 e. The molecule has 1 amide bonds. The van der Waals surface area contributed by atoms with E-state index in [4.69, 9.17) is 17.3 Å². The van der Waals surface area contributed by atoms with E-state index in [0.29, 0.717) is 23.9 Å². The number of benzene rings is 1. The van der Waals surface area contributed by atoms with Gasteiger partial charge in [-0.05, 0) is 66.1 Å². The lowest BCUT2D eigenvalue weighted by Crippen LogP contribution is -2.15. The van der Waals surface area contributed by atoms with Gasteiger partial charge in [0.05, 0.1) is 5.69 Å². The molecule has 1 rings (SSSR count). The summed E-state index contributed by atoms with van der Waals surface area (Å²) in [5, 5.41) is 3.62. The first-order valence-electron chi connectivity index (χ1n) is 7.01. The molecule has 3 N–H and O–H groups in total. The minimum atomic E-state index is 0.0587. The summed E-state index contributed by atoms with van der Waals surface area (Å²) in [5.41, 5.74) is 6.43. The van der Waals surface area contributed by atoms with Crippen LogP contribution in [-0.4, -0.2) is 12.5 Å². The van der Waals surface area contributed by atoms with Crippen molar-refractivity contribution in [2.24, 2.45) is 11.7 Å². The molecular formula is C15H22ClIN2O. The summed E-state index contributed by atoms with van der Waals surface area (Å²) in [6.07, 6.45) is 4.73. The second-order valence-corrected chi connectivity index (χ2v) is 6.54. The van der Waals surface area contributed by atoms with Gasteiger partial charge in [-0.15, -0.1) is 0 Å². The van der Waals surface area contributed by atoms with Crippen LogP contribution in [0.15, 0.2) is 18.2 Å². The van der Waals surface area contributed by atoms with Crippen LogP contribution in [0.4, 0.5) is 5.69 Å². The molecule has 0 bridgehead atoms. The molecular weight excluding hydrogens is 387 g/mol. The fourth-order valence-corrected chi connectivity index (χ4v) is 3.22. The molecule has 0 aliphatic rings. The summed E-state index contributed by atoms with van der Waals surface area (Å²) < 4.78 is 0.954. The number of anilines is 1. The SMILES string of the molecule is CCCC(CCN)CCC(=O)Nc1ccc(Cl)cc1I. The zero-order chi connectivity index (χ0) is 15.0. The molecule has 1 aromatic rings. The first-order valence-corrected chi connectivity index (χ1v) is 8.47. The van der Waals surface area contributed by atoms with Gasteiger partial charge >= 0.3 is 0 Å². The Hall–Kier alpha value is -0.330. The third-order valence-electron chi connectivity index (χ3n) is 3.26. The second-order valence-electron chi connectivity index (χ2n) is 4.94. The summed E-state index contributed by atoms with van der Waals surface area (Å²) in [5.74, 6) is 0.614. The molecule has 0 saturated heterocycles. The molecule has 5 heteroatoms. The van der Waals surface area contributed by atoms with E-state index in [9.17, 15) is 4.79 Å². The third kappa shape index (κ3) is 6.41. The molecule has 1 unspecified atom stereocenters. The Labute approximate surface area is 139 Å². The lowest BCUT2D eigenvalue weighted by molar-refractivity contribution is -0.116. The van der Waals surface area contributed by atoms with Crippen molar-refractivity contribution in [3.63, 3.8) is 0 Å². The molecule has 0 fully saturated rings. The van der Waals surface area contributed by atoms with E-state index in [2.05, 4.69) is 34.8 Å². The van der Waals surface area contributed by atoms with E-state index in [1.165, 1.54) is 0 Å². The van der Waals surface area contributed by atoms with Crippen molar-refractivity contribution in [2.45, 2.75) is 39.0 Å². The Morgan fingerprint density at radius 2 is 2.15 bits per heavy atom. The molecule has 0 aliphatic heterocycles. The molecule has 20 heavy (non-hydrogen) atoms. The van der Waals surface area contributed by atoms with Crippen molar-refractivity contribution in [1.29, 1.82) is 0 Å². The predicted octanol–water partition coefficient (Wildman–Crippen LogP) is 4.43. The van der Waals surface area contributed by atoms with Gasteiger partial charge in [-0.25, -0.2) is 0 Å². The number of hydrogen-bond acceptors (Lipinski definition) is 2. The van der Waals surface area contributed by atoms with E-state index < -0.39 is 0 Å². The van der Waals surface area contributed by atoms with Crippen molar-refractivity contribution in [1.82, 2.24) is 0 Å². The zero-order valence-corrected chi connectivity index (χ0v) is 14.7. The standard InChI is InChI=1S/C15H22ClIN2O/c1-2-3-11(8-9-18)4-7-15(20)19-14-6-5-12(16)10-13(14)17/h5-6,10-11H,2-4,7-9,18H2,1H3,(H,19,20). The summed E-state index contributed by atoms with van der Waals surface area (Å²) in [7, 11) is 0. The maximum atomic E-state index is 12.0. The molecule has 0 spiro atoms. The van der Waals surface area contributed by atoms with Crippen LogP contribution in [0.5, 0.6) is 0 Å². The number of carbonyl (C=O) groups is 1. The number of nitrogens with two attached hydrogens (primary N) is 1. The minimum absolute atomic E-state index is 0.0587.